The Balaban J connectivity index is 0.634. The van der Waals surface area contributed by atoms with Gasteiger partial charge >= 0.3 is 18.0 Å². The summed E-state index contributed by atoms with van der Waals surface area (Å²) in [7, 11) is 0. The van der Waals surface area contributed by atoms with Crippen LogP contribution in [0.4, 0.5) is 10.5 Å². The fraction of sp³-hybridized carbons (Fsp3) is 0.388. The number of cyclic esters (lactones) is 1. The average Bonchev–Trinajstić information content (AvgIpc) is 1.58. The number of carboxylic acids is 1. The fourth-order valence-corrected chi connectivity index (χ4v) is 13.7. The number of fused-ring (bicyclic) bond motifs is 5. The van der Waals surface area contributed by atoms with E-state index in [0.717, 1.165) is 10.9 Å². The number of anilines is 1. The minimum Gasteiger partial charge on any atom is -0.481 e. The van der Waals surface area contributed by atoms with Gasteiger partial charge in [0, 0.05) is 60.1 Å². The van der Waals surface area contributed by atoms with Crippen LogP contribution in [0.15, 0.2) is 149 Å². The predicted octanol–water partition coefficient (Wildman–Crippen LogP) is 0.595. The molecular formula is C85H101N17O21. The standard InChI is InChI=1S/C85H101N17O21/c1-2-85(117)61-41-69-74-59(46-102(69)81(114)60(61)48-121-82(85)115)58(57-18-9-10-19-62(57)97-74)44-93-123-33-32-90-84(116)122-47-55-26-28-56(29-27-55)94-76(109)64(20-11-12-30-86)99-77(110)65(38-51-14-5-3-6-15-51)96-72(105)50-120-37-35-118-34-36-119-49-71(104)91-43-54-24-22-53(23-25-54)40-67-78(111)98-63(21-13-31-89-83(87)88)75(108)92-45-70(103)95-68(42-73(106)107)80(113)101-66(79(112)100-67)39-52-16-7-4-8-17-52/h3-10,14-19,22-29,41,44,63-68,117H,2,11-13,20-21,30-40,42-43,45-50,86H2,1H3,(H,90,116)(H,91,104)(H,92,108)(H,94,109)(H,95,103)(H,96,105)(H,98,111)(H,99,110)(H,100,112)(H,101,113)(H,106,107)(H4,87,88,89)/b93-44+/t63-,64-,65-,66+,67-,68-,85-/m0/s1. The number of hydrogen-bond acceptors (Lipinski definition) is 24. The van der Waals surface area contributed by atoms with Crippen molar-refractivity contribution in [1.82, 2.24) is 62.7 Å². The Kier molecular flexibility index (Phi) is 34.1. The maximum Gasteiger partial charge on any atom is 0.407 e. The topological polar surface area (TPSA) is 556 Å². The van der Waals surface area contributed by atoms with Crippen LogP contribution in [-0.2, 0) is 132 Å². The first-order valence-corrected chi connectivity index (χ1v) is 40.1. The summed E-state index contributed by atoms with van der Waals surface area (Å²) < 4.78 is 28.8. The third-order valence-corrected chi connectivity index (χ3v) is 20.2. The number of oxime groups is 1. The Bertz CT molecular complexity index is 5020. The number of carbonyl (C=O) groups is 12. The zero-order valence-corrected chi connectivity index (χ0v) is 67.6. The number of unbranched alkanes of at least 4 members (excludes halogenated alkanes) is 1. The van der Waals surface area contributed by atoms with E-state index in [9.17, 15) is 72.5 Å². The van der Waals surface area contributed by atoms with Gasteiger partial charge in [-0.3, -0.25) is 58.1 Å². The van der Waals surface area contributed by atoms with E-state index in [-0.39, 0.29) is 141 Å². The van der Waals surface area contributed by atoms with Gasteiger partial charge < -0.3 is 113 Å². The summed E-state index contributed by atoms with van der Waals surface area (Å²) in [5, 5.41) is 62.4. The van der Waals surface area contributed by atoms with Crippen molar-refractivity contribution in [2.75, 3.05) is 77.7 Å². The number of hydrogen-bond donors (Lipinski definition) is 16. The third kappa shape index (κ3) is 27.0. The van der Waals surface area contributed by atoms with Crippen molar-refractivity contribution in [2.24, 2.45) is 16.6 Å². The number of para-hydroxylation sites is 1. The van der Waals surface area contributed by atoms with Crippen molar-refractivity contribution in [1.29, 1.82) is 5.41 Å². The molecule has 5 aromatic carbocycles. The molecule has 0 radical (unpaired) electrons. The van der Waals surface area contributed by atoms with E-state index in [1.165, 1.54) is 10.8 Å². The summed E-state index contributed by atoms with van der Waals surface area (Å²) in [5.74, 6) is -9.20. The zero-order valence-electron chi connectivity index (χ0n) is 67.6. The van der Waals surface area contributed by atoms with Crippen molar-refractivity contribution < 1.29 is 96.3 Å². The van der Waals surface area contributed by atoms with Crippen LogP contribution in [0.5, 0.6) is 0 Å². The molecule has 123 heavy (non-hydrogen) atoms. The van der Waals surface area contributed by atoms with Crippen LogP contribution in [-0.4, -0.2) is 212 Å². The number of esters is 1. The van der Waals surface area contributed by atoms with Crippen molar-refractivity contribution in [2.45, 2.75) is 139 Å². The quantitative estimate of drug-likeness (QED) is 0.00820. The number of guanidine groups is 1. The average molecular weight is 1700 g/mol. The normalized spacial score (nSPS) is 17.6. The number of nitrogens with two attached hydrogens (primary N) is 2. The highest BCUT2D eigenvalue weighted by Crippen LogP contribution is 2.40. The van der Waals surface area contributed by atoms with Gasteiger partial charge in [-0.15, -0.1) is 0 Å². The van der Waals surface area contributed by atoms with Gasteiger partial charge in [-0.2, -0.15) is 0 Å². The van der Waals surface area contributed by atoms with Crippen molar-refractivity contribution in [3.05, 3.63) is 200 Å². The number of aromatic nitrogens is 2. The van der Waals surface area contributed by atoms with Crippen molar-refractivity contribution in [3.63, 3.8) is 0 Å². The maximum absolute atomic E-state index is 14.3. The molecule has 38 nitrogen and oxygen atoms in total. The van der Waals surface area contributed by atoms with Crippen LogP contribution in [0.3, 0.4) is 0 Å². The SMILES string of the molecule is CC[C@@]1(O)C(=O)OCc2c1cc1n(c2=O)Cc2c-1nc1ccccc1c2/C=N/OCCNC(=O)OCc1ccc(NC(=O)[C@H](CCCCN)NC(=O)[C@H](Cc2ccccc2)NC(=O)COCCOCCOCC(=O)NCc2ccc(C[C@@H]3NC(=O)[C@@H](Cc4ccccc4)NC(=O)[C@H](CC(=O)O)NC(=O)CNC(=O)[C@H](CCCNC(=N)N)NC3=O)cc2)cc1. The predicted molar refractivity (Wildman–Crippen MR) is 445 cm³/mol. The first kappa shape index (κ1) is 91.7. The maximum atomic E-state index is 14.3. The minimum absolute atomic E-state index is 0.00117. The molecule has 0 saturated carbocycles. The Morgan fingerprint density at radius 1 is 0.667 bits per heavy atom. The number of carboxylic acid groups (broad SMARTS) is 1. The van der Waals surface area contributed by atoms with Gasteiger partial charge in [0.1, 0.15) is 69.3 Å². The molecule has 0 unspecified atom stereocenters. The minimum atomic E-state index is -1.98. The number of amides is 10. The summed E-state index contributed by atoms with van der Waals surface area (Å²) in [5.41, 5.74) is 15.6. The molecule has 10 amide bonds. The largest absolute Gasteiger partial charge is 0.481 e. The third-order valence-electron chi connectivity index (χ3n) is 20.2. The summed E-state index contributed by atoms with van der Waals surface area (Å²) in [6.45, 7) is 0.532. The lowest BCUT2D eigenvalue weighted by molar-refractivity contribution is -0.172. The lowest BCUT2D eigenvalue weighted by Gasteiger charge is -2.31. The number of nitrogens with one attached hydrogen (secondary N) is 12. The van der Waals surface area contributed by atoms with Gasteiger partial charge in [0.05, 0.1) is 81.2 Å². The number of nitrogens with zero attached hydrogens (tertiary/aromatic N) is 3. The monoisotopic (exact) mass is 1700 g/mol. The molecule has 7 atom stereocenters. The first-order valence-electron chi connectivity index (χ1n) is 40.1. The number of pyridine rings is 2. The van der Waals surface area contributed by atoms with Crippen LogP contribution < -0.4 is 75.5 Å². The van der Waals surface area contributed by atoms with Gasteiger partial charge in [0.15, 0.2) is 11.6 Å². The van der Waals surface area contributed by atoms with Crippen LogP contribution in [0.1, 0.15) is 102 Å². The second kappa shape index (κ2) is 45.7. The summed E-state index contributed by atoms with van der Waals surface area (Å²) in [6.07, 6.45) is 1.18. The van der Waals surface area contributed by atoms with E-state index in [2.05, 4.69) is 63.6 Å². The van der Waals surface area contributed by atoms with Crippen molar-refractivity contribution in [3.8, 4) is 11.4 Å². The number of benzene rings is 5. The number of rotatable bonds is 41. The number of ether oxygens (including phenoxy) is 5. The number of aliphatic hydroxyl groups is 1. The molecule has 0 spiro atoms. The van der Waals surface area contributed by atoms with E-state index >= 15 is 0 Å². The molecule has 18 N–H and O–H groups in total. The van der Waals surface area contributed by atoms with E-state index < -0.39 is 138 Å². The smallest absolute Gasteiger partial charge is 0.407 e. The lowest BCUT2D eigenvalue weighted by atomic mass is 9.86. The van der Waals surface area contributed by atoms with E-state index in [1.54, 1.807) is 122 Å². The van der Waals surface area contributed by atoms with Crippen molar-refractivity contribution >= 4 is 100.0 Å². The second-order valence-electron chi connectivity index (χ2n) is 29.2. The van der Waals surface area contributed by atoms with Crippen LogP contribution in [0.25, 0.3) is 22.3 Å². The highest BCUT2D eigenvalue weighted by Gasteiger charge is 2.46. The van der Waals surface area contributed by atoms with Crippen LogP contribution in [0, 0.1) is 5.41 Å². The molecule has 1 fully saturated rings. The molecule has 38 heteroatoms. The van der Waals surface area contributed by atoms with Gasteiger partial charge in [-0.05, 0) is 97.2 Å². The van der Waals surface area contributed by atoms with Crippen LogP contribution in [0.2, 0.25) is 0 Å². The Morgan fingerprint density at radius 2 is 1.29 bits per heavy atom. The van der Waals surface area contributed by atoms with Gasteiger partial charge in [0.25, 0.3) is 5.56 Å². The molecule has 3 aliphatic heterocycles. The molecule has 2 aromatic heterocycles. The molecule has 0 aliphatic carbocycles. The number of aliphatic carboxylic acids is 1. The summed E-state index contributed by atoms with van der Waals surface area (Å²) in [6, 6.07) is 31.8. The number of carbonyl (C=O) groups excluding carboxylic acids is 11. The first-order chi connectivity index (χ1) is 59.4. The van der Waals surface area contributed by atoms with Crippen LogP contribution >= 0.6 is 0 Å². The Labute approximate surface area is 706 Å². The number of alkyl carbamates (subject to hydrolysis) is 1. The van der Waals surface area contributed by atoms with Gasteiger partial charge in [-0.1, -0.05) is 127 Å². The Morgan fingerprint density at radius 3 is 1.97 bits per heavy atom. The molecular weight excluding hydrogens is 1600 g/mol. The lowest BCUT2D eigenvalue weighted by Crippen LogP contribution is -2.58. The van der Waals surface area contributed by atoms with E-state index in [4.69, 9.17) is 50.4 Å². The molecule has 7 aromatic rings. The van der Waals surface area contributed by atoms with E-state index in [0.29, 0.717) is 75.4 Å². The molecule has 3 aliphatic rings. The molecule has 10 rings (SSSR count). The summed E-state index contributed by atoms with van der Waals surface area (Å²) in [4.78, 5) is 185. The highest BCUT2D eigenvalue weighted by molar-refractivity contribution is 6.03. The fourth-order valence-electron chi connectivity index (χ4n) is 13.7. The van der Waals surface area contributed by atoms with Gasteiger partial charge in [0.2, 0.25) is 53.2 Å². The Hall–Kier alpha value is -13.6. The zero-order chi connectivity index (χ0) is 87.8. The molecule has 1 saturated heterocycles. The van der Waals surface area contributed by atoms with E-state index in [1.807, 2.05) is 24.3 Å². The molecule has 0 bridgehead atoms. The van der Waals surface area contributed by atoms with Gasteiger partial charge in [-0.25, -0.2) is 14.6 Å². The molecule has 5 heterocycles. The summed E-state index contributed by atoms with van der Waals surface area (Å²) >= 11 is 0. The molecule has 652 valence electrons. The highest BCUT2D eigenvalue weighted by atomic mass is 16.6. The second-order valence-corrected chi connectivity index (χ2v) is 29.2.